The molecule has 0 aliphatic rings. The number of hydrogen-bond acceptors (Lipinski definition) is 4. The number of carbonyl (C=O) groups excluding carboxylic acids is 1. The Morgan fingerprint density at radius 1 is 1.33 bits per heavy atom. The molecule has 4 N–H and O–H groups in total. The predicted octanol–water partition coefficient (Wildman–Crippen LogP) is 0.409. The largest absolute Gasteiger partial charge is 0.369 e. The molecule has 0 aromatic heterocycles. The SMILES string of the molecule is CN(CC(N)=O)S(=O)(=O)c1c(Cl)cc(C#CCN)cc1Cl. The van der Waals surface area contributed by atoms with Gasteiger partial charge in [-0.2, -0.15) is 4.31 Å². The Morgan fingerprint density at radius 3 is 2.29 bits per heavy atom. The van der Waals surface area contributed by atoms with Crippen molar-refractivity contribution in [3.8, 4) is 11.8 Å². The van der Waals surface area contributed by atoms with Gasteiger partial charge in [0.2, 0.25) is 15.9 Å². The molecule has 0 atom stereocenters. The zero-order valence-corrected chi connectivity index (χ0v) is 13.4. The monoisotopic (exact) mass is 349 g/mol. The maximum absolute atomic E-state index is 12.3. The van der Waals surface area contributed by atoms with E-state index in [2.05, 4.69) is 11.8 Å². The number of hydrogen-bond donors (Lipinski definition) is 2. The molecule has 114 valence electrons. The zero-order chi connectivity index (χ0) is 16.2. The summed E-state index contributed by atoms with van der Waals surface area (Å²) < 4.78 is 25.4. The topological polar surface area (TPSA) is 106 Å². The Bertz CT molecular complexity index is 700. The summed E-state index contributed by atoms with van der Waals surface area (Å²) in [5, 5.41) is -0.194. The number of rotatable bonds is 4. The number of likely N-dealkylation sites (N-methyl/N-ethyl adjacent to an activating group) is 1. The van der Waals surface area contributed by atoms with Gasteiger partial charge >= 0.3 is 0 Å². The first-order chi connectivity index (χ1) is 9.70. The van der Waals surface area contributed by atoms with Crippen LogP contribution in [-0.4, -0.2) is 38.8 Å². The highest BCUT2D eigenvalue weighted by molar-refractivity contribution is 7.89. The molecule has 1 aromatic carbocycles. The lowest BCUT2D eigenvalue weighted by molar-refractivity contribution is -0.118. The molecule has 1 aromatic rings. The fraction of sp³-hybridized carbons (Fsp3) is 0.250. The lowest BCUT2D eigenvalue weighted by atomic mass is 10.2. The van der Waals surface area contributed by atoms with Gasteiger partial charge in [0, 0.05) is 12.6 Å². The molecule has 0 radical (unpaired) electrons. The van der Waals surface area contributed by atoms with Crippen molar-refractivity contribution in [3.63, 3.8) is 0 Å². The van der Waals surface area contributed by atoms with Crippen LogP contribution in [0.25, 0.3) is 0 Å². The van der Waals surface area contributed by atoms with Gasteiger partial charge in [0.15, 0.2) is 0 Å². The van der Waals surface area contributed by atoms with Gasteiger partial charge in [-0.25, -0.2) is 8.42 Å². The summed E-state index contributed by atoms with van der Waals surface area (Å²) in [5.41, 5.74) is 10.7. The van der Waals surface area contributed by atoms with Gasteiger partial charge in [-0.3, -0.25) is 4.79 Å². The Labute approximate surface area is 133 Å². The molecule has 0 bridgehead atoms. The minimum atomic E-state index is -4.04. The number of carbonyl (C=O) groups is 1. The lowest BCUT2D eigenvalue weighted by Gasteiger charge is -2.17. The third kappa shape index (κ3) is 4.33. The van der Waals surface area contributed by atoms with Gasteiger partial charge in [-0.05, 0) is 12.1 Å². The van der Waals surface area contributed by atoms with Gasteiger partial charge < -0.3 is 11.5 Å². The standard InChI is InChI=1S/C12H13Cl2N3O3S/c1-17(7-11(16)18)21(19,20)12-9(13)5-8(3-2-4-15)6-10(12)14/h5-6H,4,7,15H2,1H3,(H2,16,18). The van der Waals surface area contributed by atoms with Gasteiger partial charge in [0.05, 0.1) is 23.1 Å². The van der Waals surface area contributed by atoms with E-state index < -0.39 is 22.5 Å². The first-order valence-corrected chi connectivity index (χ1v) is 7.82. The lowest BCUT2D eigenvalue weighted by Crippen LogP contribution is -2.35. The third-order valence-electron chi connectivity index (χ3n) is 2.38. The van der Waals surface area contributed by atoms with Gasteiger partial charge in [-0.1, -0.05) is 35.0 Å². The first-order valence-electron chi connectivity index (χ1n) is 5.62. The molecule has 0 saturated carbocycles. The van der Waals surface area contributed by atoms with E-state index in [0.29, 0.717) is 5.56 Å². The van der Waals surface area contributed by atoms with Crippen LogP contribution < -0.4 is 11.5 Å². The highest BCUT2D eigenvalue weighted by Crippen LogP contribution is 2.32. The molecule has 0 heterocycles. The highest BCUT2D eigenvalue weighted by Gasteiger charge is 2.27. The van der Waals surface area contributed by atoms with E-state index in [-0.39, 0.29) is 21.5 Å². The van der Waals surface area contributed by atoms with Gasteiger partial charge in [-0.15, -0.1) is 0 Å². The number of primary amides is 1. The van der Waals surface area contributed by atoms with Crippen molar-refractivity contribution in [3.05, 3.63) is 27.7 Å². The third-order valence-corrected chi connectivity index (χ3v) is 5.11. The van der Waals surface area contributed by atoms with Crippen LogP contribution in [0.15, 0.2) is 17.0 Å². The van der Waals surface area contributed by atoms with E-state index in [1.54, 1.807) is 0 Å². The first kappa shape index (κ1) is 17.8. The van der Waals surface area contributed by atoms with E-state index >= 15 is 0 Å². The summed E-state index contributed by atoms with van der Waals surface area (Å²) in [6, 6.07) is 2.72. The molecule has 0 aliphatic carbocycles. The second-order valence-corrected chi connectivity index (χ2v) is 6.80. The smallest absolute Gasteiger partial charge is 0.246 e. The number of nitrogens with two attached hydrogens (primary N) is 2. The van der Waals surface area contributed by atoms with E-state index in [1.807, 2.05) is 0 Å². The Hall–Kier alpha value is -1.30. The zero-order valence-electron chi connectivity index (χ0n) is 11.1. The minimum Gasteiger partial charge on any atom is -0.369 e. The van der Waals surface area contributed by atoms with Crippen LogP contribution in [0.4, 0.5) is 0 Å². The van der Waals surface area contributed by atoms with Crippen LogP contribution in [0, 0.1) is 11.8 Å². The molecular formula is C12H13Cl2N3O3S. The molecule has 1 rings (SSSR count). The summed E-state index contributed by atoms with van der Waals surface area (Å²) in [4.78, 5) is 10.6. The number of nitrogens with zero attached hydrogens (tertiary/aromatic N) is 1. The number of benzene rings is 1. The molecule has 21 heavy (non-hydrogen) atoms. The summed E-state index contributed by atoms with van der Waals surface area (Å²) in [7, 11) is -2.83. The van der Waals surface area contributed by atoms with Crippen molar-refractivity contribution in [1.82, 2.24) is 4.31 Å². The number of amides is 1. The van der Waals surface area contributed by atoms with Crippen LogP contribution in [0.2, 0.25) is 10.0 Å². The molecule has 0 aliphatic heterocycles. The molecule has 9 heteroatoms. The summed E-state index contributed by atoms with van der Waals surface area (Å²) >= 11 is 11.9. The maximum atomic E-state index is 12.3. The van der Waals surface area contributed by atoms with Crippen LogP contribution in [0.1, 0.15) is 5.56 Å². The molecule has 0 unspecified atom stereocenters. The second kappa shape index (κ2) is 7.11. The van der Waals surface area contributed by atoms with Crippen molar-refractivity contribution < 1.29 is 13.2 Å². The van der Waals surface area contributed by atoms with Crippen molar-refractivity contribution in [2.75, 3.05) is 20.1 Å². The van der Waals surface area contributed by atoms with E-state index in [0.717, 1.165) is 4.31 Å². The van der Waals surface area contributed by atoms with Crippen molar-refractivity contribution in [1.29, 1.82) is 0 Å². The van der Waals surface area contributed by atoms with Gasteiger partial charge in [0.1, 0.15) is 4.90 Å². The van der Waals surface area contributed by atoms with Crippen LogP contribution in [-0.2, 0) is 14.8 Å². The van der Waals surface area contributed by atoms with E-state index in [4.69, 9.17) is 34.7 Å². The van der Waals surface area contributed by atoms with Crippen LogP contribution >= 0.6 is 23.2 Å². The van der Waals surface area contributed by atoms with E-state index in [9.17, 15) is 13.2 Å². The fourth-order valence-corrected chi connectivity index (χ4v) is 3.78. The van der Waals surface area contributed by atoms with Crippen molar-refractivity contribution >= 4 is 39.1 Å². The van der Waals surface area contributed by atoms with Crippen LogP contribution in [0.5, 0.6) is 0 Å². The summed E-state index contributed by atoms with van der Waals surface area (Å²) in [5.74, 6) is 4.51. The van der Waals surface area contributed by atoms with Crippen molar-refractivity contribution in [2.45, 2.75) is 4.90 Å². The molecule has 0 fully saturated rings. The molecule has 6 nitrogen and oxygen atoms in total. The average Bonchev–Trinajstić information content (AvgIpc) is 2.34. The highest BCUT2D eigenvalue weighted by atomic mass is 35.5. The van der Waals surface area contributed by atoms with Crippen molar-refractivity contribution in [2.24, 2.45) is 11.5 Å². The predicted molar refractivity (Wildman–Crippen MR) is 81.4 cm³/mol. The fourth-order valence-electron chi connectivity index (χ4n) is 1.49. The summed E-state index contributed by atoms with van der Waals surface area (Å²) in [6.07, 6.45) is 0. The Morgan fingerprint density at radius 2 is 1.86 bits per heavy atom. The average molecular weight is 350 g/mol. The van der Waals surface area contributed by atoms with Crippen LogP contribution in [0.3, 0.4) is 0 Å². The summed E-state index contributed by atoms with van der Waals surface area (Å²) in [6.45, 7) is -0.333. The Kier molecular flexibility index (Phi) is 6.01. The van der Waals surface area contributed by atoms with Gasteiger partial charge in [0.25, 0.3) is 0 Å². The van der Waals surface area contributed by atoms with E-state index in [1.165, 1.54) is 19.2 Å². The second-order valence-electron chi connectivity index (χ2n) is 4.00. The Balaban J connectivity index is 3.34. The molecule has 0 spiro atoms. The molecular weight excluding hydrogens is 337 g/mol. The minimum absolute atomic E-state index is 0.0971. The number of sulfonamides is 1. The number of halogens is 2. The quantitative estimate of drug-likeness (QED) is 0.767. The maximum Gasteiger partial charge on any atom is 0.246 e. The molecule has 1 amide bonds. The normalized spacial score (nSPS) is 11.1. The molecule has 0 saturated heterocycles.